The van der Waals surface area contributed by atoms with Gasteiger partial charge in [-0.3, -0.25) is 0 Å². The van der Waals surface area contributed by atoms with Gasteiger partial charge in [-0.2, -0.15) is 4.99 Å². The lowest BCUT2D eigenvalue weighted by Crippen LogP contribution is -2.37. The van der Waals surface area contributed by atoms with Crippen molar-refractivity contribution in [3.63, 3.8) is 0 Å². The molecule has 4 rings (SSSR count). The molecule has 2 aromatic carbocycles. The molecule has 1 aliphatic heterocycles. The number of benzene rings is 2. The van der Waals surface area contributed by atoms with Gasteiger partial charge < -0.3 is 10.1 Å². The molecule has 0 spiro atoms. The minimum absolute atomic E-state index is 0.416. The molecule has 0 bridgehead atoms. The van der Waals surface area contributed by atoms with Gasteiger partial charge >= 0.3 is 0 Å². The summed E-state index contributed by atoms with van der Waals surface area (Å²) in [5, 5.41) is 3.64. The fraction of sp³-hybridized carbons (Fsp3) is 0.100. The van der Waals surface area contributed by atoms with Gasteiger partial charge in [-0.05, 0) is 31.2 Å². The molecule has 4 nitrogen and oxygen atoms in total. The van der Waals surface area contributed by atoms with Gasteiger partial charge in [0.2, 0.25) is 0 Å². The zero-order chi connectivity index (χ0) is 17.3. The van der Waals surface area contributed by atoms with Gasteiger partial charge in [0.1, 0.15) is 10.8 Å². The highest BCUT2D eigenvalue weighted by Crippen LogP contribution is 2.41. The van der Waals surface area contributed by atoms with Crippen LogP contribution >= 0.6 is 11.6 Å². The fourth-order valence-electron chi connectivity index (χ4n) is 2.89. The van der Waals surface area contributed by atoms with Crippen molar-refractivity contribution in [3.8, 4) is 0 Å². The molecule has 1 aromatic heterocycles. The number of pyridine rings is 1. The Bertz CT molecular complexity index is 928. The van der Waals surface area contributed by atoms with Gasteiger partial charge in [-0.15, -0.1) is 0 Å². The van der Waals surface area contributed by atoms with E-state index < -0.39 is 5.60 Å². The molecule has 1 N–H and O–H groups in total. The van der Waals surface area contributed by atoms with Gasteiger partial charge in [0.25, 0.3) is 6.02 Å². The van der Waals surface area contributed by atoms with Crippen LogP contribution in [0.15, 0.2) is 77.8 Å². The van der Waals surface area contributed by atoms with Crippen LogP contribution in [0.4, 0.5) is 11.4 Å². The maximum atomic E-state index is 6.26. The van der Waals surface area contributed by atoms with Crippen molar-refractivity contribution in [3.05, 3.63) is 89.2 Å². The number of hydrogen-bond donors (Lipinski definition) is 1. The van der Waals surface area contributed by atoms with Crippen LogP contribution in [-0.2, 0) is 10.3 Å². The second kappa shape index (κ2) is 6.22. The summed E-state index contributed by atoms with van der Waals surface area (Å²) in [4.78, 5) is 9.06. The van der Waals surface area contributed by atoms with Crippen LogP contribution in [0.1, 0.15) is 18.2 Å². The highest BCUT2D eigenvalue weighted by atomic mass is 35.5. The largest absolute Gasteiger partial charge is 0.447 e. The molecule has 1 aliphatic rings. The zero-order valence-electron chi connectivity index (χ0n) is 13.6. The number of rotatable bonds is 2. The topological polar surface area (TPSA) is 46.5 Å². The van der Waals surface area contributed by atoms with E-state index in [2.05, 4.69) is 15.3 Å². The van der Waals surface area contributed by atoms with Gasteiger partial charge in [0.05, 0.1) is 5.69 Å². The lowest BCUT2D eigenvalue weighted by atomic mass is 9.90. The summed E-state index contributed by atoms with van der Waals surface area (Å²) >= 11 is 6.13. The van der Waals surface area contributed by atoms with Crippen molar-refractivity contribution in [1.29, 1.82) is 0 Å². The molecule has 0 saturated carbocycles. The molecule has 5 heteroatoms. The first kappa shape index (κ1) is 15.7. The maximum absolute atomic E-state index is 6.26. The first-order valence-electron chi connectivity index (χ1n) is 7.97. The molecule has 0 fully saturated rings. The van der Waals surface area contributed by atoms with Crippen LogP contribution in [0.25, 0.3) is 0 Å². The number of para-hydroxylation sites is 1. The van der Waals surface area contributed by atoms with Crippen molar-refractivity contribution in [2.45, 2.75) is 12.5 Å². The standard InChI is InChI=1S/C20H16ClN3O/c1-20(14-8-4-2-5-9-14)18-16(12-13-17(21)24-18)23-19(25-20)22-15-10-6-3-7-11-15/h2-13H,1H3,(H,22,23). The molecule has 0 saturated heterocycles. The molecule has 2 heterocycles. The average molecular weight is 350 g/mol. The predicted molar refractivity (Wildman–Crippen MR) is 100 cm³/mol. The number of aromatic nitrogens is 1. The van der Waals surface area contributed by atoms with Crippen molar-refractivity contribution in [1.82, 2.24) is 4.98 Å². The number of anilines is 1. The Hall–Kier alpha value is -2.85. The normalized spacial score (nSPS) is 18.7. The molecule has 1 atom stereocenters. The van der Waals surface area contributed by atoms with Gasteiger partial charge in [0.15, 0.2) is 5.60 Å². The summed E-state index contributed by atoms with van der Waals surface area (Å²) in [6.07, 6.45) is 0. The second-order valence-electron chi connectivity index (χ2n) is 5.91. The number of amidine groups is 1. The minimum Gasteiger partial charge on any atom is -0.447 e. The Balaban J connectivity index is 1.81. The molecule has 0 amide bonds. The molecule has 25 heavy (non-hydrogen) atoms. The minimum atomic E-state index is -0.791. The van der Waals surface area contributed by atoms with Crippen LogP contribution in [0.2, 0.25) is 5.15 Å². The zero-order valence-corrected chi connectivity index (χ0v) is 14.4. The number of nitrogens with one attached hydrogen (secondary N) is 1. The first-order valence-corrected chi connectivity index (χ1v) is 8.35. The molecule has 0 aliphatic carbocycles. The number of aliphatic imine (C=N–C) groups is 1. The van der Waals surface area contributed by atoms with Crippen LogP contribution in [0, 0.1) is 0 Å². The first-order chi connectivity index (χ1) is 12.1. The summed E-state index contributed by atoms with van der Waals surface area (Å²) in [7, 11) is 0. The number of nitrogens with zero attached hydrogens (tertiary/aromatic N) is 2. The Morgan fingerprint density at radius 3 is 2.32 bits per heavy atom. The van der Waals surface area contributed by atoms with Crippen LogP contribution in [0.3, 0.4) is 0 Å². The van der Waals surface area contributed by atoms with Crippen LogP contribution < -0.4 is 5.32 Å². The van der Waals surface area contributed by atoms with E-state index in [1.807, 2.05) is 73.7 Å². The van der Waals surface area contributed by atoms with E-state index in [0.717, 1.165) is 16.9 Å². The maximum Gasteiger partial charge on any atom is 0.295 e. The summed E-state index contributed by atoms with van der Waals surface area (Å²) in [6.45, 7) is 1.98. The van der Waals surface area contributed by atoms with E-state index in [0.29, 0.717) is 16.9 Å². The third-order valence-corrected chi connectivity index (χ3v) is 4.37. The summed E-state index contributed by atoms with van der Waals surface area (Å²) in [5.74, 6) is 0. The Morgan fingerprint density at radius 1 is 0.920 bits per heavy atom. The van der Waals surface area contributed by atoms with E-state index in [-0.39, 0.29) is 0 Å². The average Bonchev–Trinajstić information content (AvgIpc) is 2.64. The molecule has 1 unspecified atom stereocenters. The molecular weight excluding hydrogens is 334 g/mol. The highest BCUT2D eigenvalue weighted by Gasteiger charge is 2.39. The molecule has 3 aromatic rings. The summed E-state index contributed by atoms with van der Waals surface area (Å²) in [6, 6.07) is 23.8. The molecule has 0 radical (unpaired) electrons. The van der Waals surface area contributed by atoms with Gasteiger partial charge in [-0.1, -0.05) is 60.1 Å². The van der Waals surface area contributed by atoms with Crippen molar-refractivity contribution >= 4 is 29.0 Å². The number of halogens is 1. The molecule has 124 valence electrons. The smallest absolute Gasteiger partial charge is 0.295 e. The fourth-order valence-corrected chi connectivity index (χ4v) is 3.04. The predicted octanol–water partition coefficient (Wildman–Crippen LogP) is 5.13. The SMILES string of the molecule is CC1(c2ccccc2)OC(Nc2ccccc2)=Nc2ccc(Cl)nc21. The Labute approximate surface area is 151 Å². The summed E-state index contributed by atoms with van der Waals surface area (Å²) in [5.41, 5.74) is 2.53. The van der Waals surface area contributed by atoms with Gasteiger partial charge in [0, 0.05) is 11.3 Å². The van der Waals surface area contributed by atoms with Gasteiger partial charge in [-0.25, -0.2) is 4.98 Å². The van der Waals surface area contributed by atoms with Crippen molar-refractivity contribution in [2.75, 3.05) is 5.32 Å². The third-order valence-electron chi connectivity index (χ3n) is 4.16. The van der Waals surface area contributed by atoms with Crippen LogP contribution in [-0.4, -0.2) is 11.0 Å². The number of hydrogen-bond acceptors (Lipinski definition) is 4. The van der Waals surface area contributed by atoms with E-state index in [9.17, 15) is 0 Å². The second-order valence-corrected chi connectivity index (χ2v) is 6.30. The monoisotopic (exact) mass is 349 g/mol. The lowest BCUT2D eigenvalue weighted by Gasteiger charge is -2.35. The van der Waals surface area contributed by atoms with Crippen LogP contribution in [0.5, 0.6) is 0 Å². The van der Waals surface area contributed by atoms with E-state index in [1.165, 1.54) is 0 Å². The Morgan fingerprint density at radius 2 is 1.60 bits per heavy atom. The third kappa shape index (κ3) is 2.96. The Kier molecular flexibility index (Phi) is 3.90. The number of ether oxygens (including phenoxy) is 1. The van der Waals surface area contributed by atoms with Crippen molar-refractivity contribution in [2.24, 2.45) is 4.99 Å². The summed E-state index contributed by atoms with van der Waals surface area (Å²) < 4.78 is 6.26. The van der Waals surface area contributed by atoms with E-state index in [1.54, 1.807) is 6.07 Å². The van der Waals surface area contributed by atoms with E-state index >= 15 is 0 Å². The number of fused-ring (bicyclic) bond motifs is 1. The van der Waals surface area contributed by atoms with Crippen molar-refractivity contribution < 1.29 is 4.74 Å². The lowest BCUT2D eigenvalue weighted by molar-refractivity contribution is 0.108. The quantitative estimate of drug-likeness (QED) is 0.652. The highest BCUT2D eigenvalue weighted by molar-refractivity contribution is 6.29. The van der Waals surface area contributed by atoms with E-state index in [4.69, 9.17) is 16.3 Å². The molecular formula is C20H16ClN3O.